The summed E-state index contributed by atoms with van der Waals surface area (Å²) in [7, 11) is 3.55. The Hall–Kier alpha value is -3.10. The van der Waals surface area contributed by atoms with Gasteiger partial charge in [-0.3, -0.25) is 0 Å². The first-order chi connectivity index (χ1) is 13.5. The predicted molar refractivity (Wildman–Crippen MR) is 100 cm³/mol. The van der Waals surface area contributed by atoms with E-state index in [0.29, 0.717) is 5.75 Å². The zero-order valence-electron chi connectivity index (χ0n) is 16.6. The van der Waals surface area contributed by atoms with Crippen LogP contribution in [0.2, 0.25) is 0 Å². The number of halogens is 3. The van der Waals surface area contributed by atoms with Gasteiger partial charge in [0.2, 0.25) is 0 Å². The van der Waals surface area contributed by atoms with Crippen LogP contribution in [0.15, 0.2) is 30.3 Å². The number of benzene rings is 2. The van der Waals surface area contributed by atoms with Crippen LogP contribution in [-0.2, 0) is 15.1 Å². The van der Waals surface area contributed by atoms with Crippen molar-refractivity contribution in [3.05, 3.63) is 47.0 Å². The largest absolute Gasteiger partial charge is 0.507 e. The highest BCUT2D eigenvalue weighted by Crippen LogP contribution is 2.46. The van der Waals surface area contributed by atoms with Crippen molar-refractivity contribution in [3.8, 4) is 17.2 Å². The highest BCUT2D eigenvalue weighted by Gasteiger charge is 2.63. The summed E-state index contributed by atoms with van der Waals surface area (Å²) < 4.78 is 58.1. The lowest BCUT2D eigenvalue weighted by Gasteiger charge is -2.36. The smallest absolute Gasteiger partial charge is 0.426 e. The summed E-state index contributed by atoms with van der Waals surface area (Å²) in [5.74, 6) is -1.32. The number of hydrogen-bond acceptors (Lipinski definition) is 6. The Morgan fingerprint density at radius 1 is 1.00 bits per heavy atom. The first kappa shape index (κ1) is 22.2. The lowest BCUT2D eigenvalue weighted by Crippen LogP contribution is -2.56. The molecule has 0 heterocycles. The molecule has 0 saturated heterocycles. The van der Waals surface area contributed by atoms with Crippen molar-refractivity contribution >= 4 is 11.7 Å². The standard InChI is InChI=1S/C20H22F3NO5/c1-11-8-13(9-12(2)17(11)25)19(18(26)29-5,20(21,22)23)24-15-7-6-14(27-3)10-16(15)28-4/h6-10,24-25H,1-5H3. The number of nitrogens with one attached hydrogen (secondary N) is 1. The summed E-state index contributed by atoms with van der Waals surface area (Å²) in [6, 6.07) is 6.30. The third kappa shape index (κ3) is 3.90. The molecule has 1 atom stereocenters. The molecule has 0 aliphatic rings. The maximum absolute atomic E-state index is 14.4. The number of carbonyl (C=O) groups is 1. The number of hydrogen-bond donors (Lipinski definition) is 2. The number of esters is 1. The quantitative estimate of drug-likeness (QED) is 0.696. The van der Waals surface area contributed by atoms with Crippen molar-refractivity contribution in [1.29, 1.82) is 0 Å². The van der Waals surface area contributed by atoms with E-state index in [1.54, 1.807) is 0 Å². The molecule has 0 radical (unpaired) electrons. The average Bonchev–Trinajstić information content (AvgIpc) is 2.68. The minimum atomic E-state index is -5.10. The van der Waals surface area contributed by atoms with E-state index in [4.69, 9.17) is 9.47 Å². The number of methoxy groups -OCH3 is 3. The number of aromatic hydroxyl groups is 1. The zero-order valence-corrected chi connectivity index (χ0v) is 16.6. The number of rotatable bonds is 6. The van der Waals surface area contributed by atoms with E-state index in [-0.39, 0.29) is 28.3 Å². The summed E-state index contributed by atoms with van der Waals surface area (Å²) >= 11 is 0. The Kier molecular flexibility index (Phi) is 6.20. The number of phenolic OH excluding ortho intramolecular Hbond substituents is 1. The highest BCUT2D eigenvalue weighted by molar-refractivity contribution is 5.88. The molecule has 2 aromatic carbocycles. The van der Waals surface area contributed by atoms with Crippen LogP contribution in [0.5, 0.6) is 17.2 Å². The molecule has 9 heteroatoms. The lowest BCUT2D eigenvalue weighted by atomic mass is 9.86. The van der Waals surface area contributed by atoms with E-state index in [9.17, 15) is 23.1 Å². The molecular weight excluding hydrogens is 391 g/mol. The Bertz CT molecular complexity index is 890. The fourth-order valence-electron chi connectivity index (χ4n) is 3.02. The van der Waals surface area contributed by atoms with Crippen molar-refractivity contribution < 1.29 is 37.3 Å². The third-order valence-electron chi connectivity index (χ3n) is 4.57. The van der Waals surface area contributed by atoms with Gasteiger partial charge in [0.15, 0.2) is 0 Å². The number of anilines is 1. The topological polar surface area (TPSA) is 77.0 Å². The summed E-state index contributed by atoms with van der Waals surface area (Å²) in [6.45, 7) is 2.89. The van der Waals surface area contributed by atoms with Crippen LogP contribution in [0.3, 0.4) is 0 Å². The van der Waals surface area contributed by atoms with Crippen molar-refractivity contribution in [1.82, 2.24) is 0 Å². The highest BCUT2D eigenvalue weighted by atomic mass is 19.4. The van der Waals surface area contributed by atoms with Crippen LogP contribution < -0.4 is 14.8 Å². The van der Waals surface area contributed by atoms with Gasteiger partial charge in [-0.15, -0.1) is 0 Å². The predicted octanol–water partition coefficient (Wildman–Crippen LogP) is 4.07. The van der Waals surface area contributed by atoms with Gasteiger partial charge in [0.25, 0.3) is 5.54 Å². The average molecular weight is 413 g/mol. The van der Waals surface area contributed by atoms with Crippen molar-refractivity contribution in [2.24, 2.45) is 0 Å². The van der Waals surface area contributed by atoms with E-state index in [0.717, 1.165) is 19.2 Å². The minimum absolute atomic E-state index is 0.0362. The van der Waals surface area contributed by atoms with Gasteiger partial charge in [0.05, 0.1) is 27.0 Å². The normalized spacial score (nSPS) is 13.4. The fourth-order valence-corrected chi connectivity index (χ4v) is 3.02. The SMILES string of the molecule is COC(=O)C(Nc1ccc(OC)cc1OC)(c1cc(C)c(O)c(C)c1)C(F)(F)F. The number of alkyl halides is 3. The molecule has 2 aromatic rings. The van der Waals surface area contributed by atoms with Crippen molar-refractivity contribution in [2.45, 2.75) is 25.6 Å². The van der Waals surface area contributed by atoms with Gasteiger partial charge >= 0.3 is 12.1 Å². The Labute approximate surface area is 166 Å². The van der Waals surface area contributed by atoms with Crippen molar-refractivity contribution in [3.63, 3.8) is 0 Å². The minimum Gasteiger partial charge on any atom is -0.507 e. The second-order valence-corrected chi connectivity index (χ2v) is 6.39. The molecule has 2 N–H and O–H groups in total. The first-order valence-corrected chi connectivity index (χ1v) is 8.47. The summed E-state index contributed by atoms with van der Waals surface area (Å²) in [4.78, 5) is 12.6. The van der Waals surface area contributed by atoms with E-state index < -0.39 is 23.2 Å². The van der Waals surface area contributed by atoms with E-state index >= 15 is 0 Å². The lowest BCUT2D eigenvalue weighted by molar-refractivity contribution is -0.201. The van der Waals surface area contributed by atoms with Gasteiger partial charge in [-0.1, -0.05) is 0 Å². The summed E-state index contributed by atoms with van der Waals surface area (Å²) in [5.41, 5.74) is -3.41. The molecule has 0 aromatic heterocycles. The molecule has 29 heavy (non-hydrogen) atoms. The molecule has 1 unspecified atom stereocenters. The molecule has 2 rings (SSSR count). The molecule has 0 aliphatic carbocycles. The van der Waals surface area contributed by atoms with Gasteiger partial charge in [0.1, 0.15) is 17.2 Å². The molecule has 0 amide bonds. The number of phenols is 1. The molecule has 0 fully saturated rings. The maximum Gasteiger partial charge on any atom is 0.426 e. The van der Waals surface area contributed by atoms with E-state index in [2.05, 4.69) is 10.1 Å². The van der Waals surface area contributed by atoms with Crippen molar-refractivity contribution in [2.75, 3.05) is 26.6 Å². The molecular formula is C20H22F3NO5. The Morgan fingerprint density at radius 3 is 2.03 bits per heavy atom. The molecule has 0 aliphatic heterocycles. The number of carbonyl (C=O) groups excluding carboxylic acids is 1. The zero-order chi connectivity index (χ0) is 22.0. The van der Waals surface area contributed by atoms with Crippen LogP contribution in [0.1, 0.15) is 16.7 Å². The summed E-state index contributed by atoms with van der Waals surface area (Å²) in [5, 5.41) is 12.3. The van der Waals surface area contributed by atoms with E-state index in [1.165, 1.54) is 46.3 Å². The van der Waals surface area contributed by atoms with Gasteiger partial charge in [0, 0.05) is 6.07 Å². The molecule has 0 spiro atoms. The number of ether oxygens (including phenoxy) is 3. The second kappa shape index (κ2) is 8.10. The monoisotopic (exact) mass is 413 g/mol. The maximum atomic E-state index is 14.4. The fraction of sp³-hybridized carbons (Fsp3) is 0.350. The van der Waals surface area contributed by atoms with E-state index in [1.807, 2.05) is 0 Å². The van der Waals surface area contributed by atoms with Gasteiger partial charge in [-0.25, -0.2) is 4.79 Å². The Balaban J connectivity index is 2.80. The van der Waals surface area contributed by atoms with Crippen LogP contribution in [-0.4, -0.2) is 38.6 Å². The van der Waals surface area contributed by atoms with Crippen LogP contribution in [0, 0.1) is 13.8 Å². The number of aryl methyl sites for hydroxylation is 2. The van der Waals surface area contributed by atoms with Gasteiger partial charge in [-0.05, 0) is 54.8 Å². The molecule has 0 saturated carbocycles. The Morgan fingerprint density at radius 2 is 1.59 bits per heavy atom. The summed E-state index contributed by atoms with van der Waals surface area (Å²) in [6.07, 6.45) is -5.10. The second-order valence-electron chi connectivity index (χ2n) is 6.39. The van der Waals surface area contributed by atoms with Crippen LogP contribution >= 0.6 is 0 Å². The van der Waals surface area contributed by atoms with Gasteiger partial charge < -0.3 is 24.6 Å². The molecule has 6 nitrogen and oxygen atoms in total. The third-order valence-corrected chi connectivity index (χ3v) is 4.57. The first-order valence-electron chi connectivity index (χ1n) is 8.47. The van der Waals surface area contributed by atoms with Crippen LogP contribution in [0.25, 0.3) is 0 Å². The van der Waals surface area contributed by atoms with Gasteiger partial charge in [-0.2, -0.15) is 13.2 Å². The van der Waals surface area contributed by atoms with Crippen LogP contribution in [0.4, 0.5) is 18.9 Å². The molecule has 0 bridgehead atoms. The molecule has 158 valence electrons.